The van der Waals surface area contributed by atoms with Gasteiger partial charge in [0.15, 0.2) is 17.7 Å². The van der Waals surface area contributed by atoms with Gasteiger partial charge in [0, 0.05) is 24.0 Å². The maximum atomic E-state index is 13.3. The Hall–Kier alpha value is -2.63. The summed E-state index contributed by atoms with van der Waals surface area (Å²) in [7, 11) is 0. The number of nitrogen functional groups attached to an aromatic ring is 1. The number of fused-ring (bicyclic) bond motifs is 1. The molecule has 1 unspecified atom stereocenters. The van der Waals surface area contributed by atoms with E-state index in [1.807, 2.05) is 12.1 Å². The number of anilines is 2. The number of carbonyl (C=O) groups is 1. The Morgan fingerprint density at radius 2 is 2.04 bits per heavy atom. The lowest BCUT2D eigenvalue weighted by molar-refractivity contribution is -0.124. The number of benzene rings is 2. The summed E-state index contributed by atoms with van der Waals surface area (Å²) >= 11 is 0. The predicted molar refractivity (Wildman–Crippen MR) is 88.0 cm³/mol. The van der Waals surface area contributed by atoms with Crippen molar-refractivity contribution in [1.29, 1.82) is 0 Å². The molecule has 1 aliphatic heterocycles. The number of halogens is 2. The number of hydrogen-bond acceptors (Lipinski definition) is 3. The van der Waals surface area contributed by atoms with Gasteiger partial charge in [-0.25, -0.2) is 8.78 Å². The molecule has 0 fully saturated rings. The average molecular weight is 332 g/mol. The van der Waals surface area contributed by atoms with Crippen molar-refractivity contribution >= 4 is 17.3 Å². The third kappa shape index (κ3) is 3.04. The van der Waals surface area contributed by atoms with Gasteiger partial charge < -0.3 is 15.4 Å². The molecule has 2 aromatic rings. The second-order valence-electron chi connectivity index (χ2n) is 5.77. The van der Waals surface area contributed by atoms with Gasteiger partial charge in [-0.1, -0.05) is 6.07 Å². The van der Waals surface area contributed by atoms with Crippen LogP contribution in [0.5, 0.6) is 5.75 Å². The first-order chi connectivity index (χ1) is 11.5. The zero-order chi connectivity index (χ0) is 17.3. The SMILES string of the molecule is CC(Oc1ccc(F)c(F)c1)C(=O)N1CCCc2c(N)cccc21. The minimum absolute atomic E-state index is 0.111. The highest BCUT2D eigenvalue weighted by Gasteiger charge is 2.28. The molecule has 0 saturated carbocycles. The summed E-state index contributed by atoms with van der Waals surface area (Å²) in [6.45, 7) is 2.16. The number of carbonyl (C=O) groups excluding carboxylic acids is 1. The van der Waals surface area contributed by atoms with Gasteiger partial charge in [0.25, 0.3) is 5.91 Å². The molecule has 0 saturated heterocycles. The fourth-order valence-corrected chi connectivity index (χ4v) is 2.90. The molecule has 1 aliphatic rings. The van der Waals surface area contributed by atoms with Gasteiger partial charge in [-0.05, 0) is 49.6 Å². The van der Waals surface area contributed by atoms with Crippen LogP contribution < -0.4 is 15.4 Å². The van der Waals surface area contributed by atoms with E-state index in [0.717, 1.165) is 36.2 Å². The van der Waals surface area contributed by atoms with Crippen molar-refractivity contribution in [2.45, 2.75) is 25.9 Å². The van der Waals surface area contributed by atoms with E-state index in [2.05, 4.69) is 0 Å². The van der Waals surface area contributed by atoms with Crippen LogP contribution >= 0.6 is 0 Å². The van der Waals surface area contributed by atoms with Gasteiger partial charge in [0.2, 0.25) is 0 Å². The van der Waals surface area contributed by atoms with Gasteiger partial charge in [-0.2, -0.15) is 0 Å². The van der Waals surface area contributed by atoms with Crippen LogP contribution in [-0.2, 0) is 11.2 Å². The Morgan fingerprint density at radius 1 is 1.25 bits per heavy atom. The molecule has 4 nitrogen and oxygen atoms in total. The maximum absolute atomic E-state index is 13.3. The zero-order valence-electron chi connectivity index (χ0n) is 13.3. The molecule has 1 atom stereocenters. The second kappa shape index (κ2) is 6.47. The first-order valence-electron chi connectivity index (χ1n) is 7.78. The van der Waals surface area contributed by atoms with Gasteiger partial charge in [-0.3, -0.25) is 4.79 Å². The normalized spacial score (nSPS) is 14.9. The summed E-state index contributed by atoms with van der Waals surface area (Å²) in [4.78, 5) is 14.4. The van der Waals surface area contributed by atoms with Crippen molar-refractivity contribution in [3.05, 3.63) is 53.6 Å². The van der Waals surface area contributed by atoms with Gasteiger partial charge in [-0.15, -0.1) is 0 Å². The van der Waals surface area contributed by atoms with Gasteiger partial charge in [0.1, 0.15) is 5.75 Å². The second-order valence-corrected chi connectivity index (χ2v) is 5.77. The first kappa shape index (κ1) is 16.2. The summed E-state index contributed by atoms with van der Waals surface area (Å²) in [6.07, 6.45) is 0.803. The fourth-order valence-electron chi connectivity index (χ4n) is 2.90. The Kier molecular flexibility index (Phi) is 4.38. The number of amides is 1. The van der Waals surface area contributed by atoms with E-state index in [4.69, 9.17) is 10.5 Å². The van der Waals surface area contributed by atoms with Crippen molar-refractivity contribution in [3.8, 4) is 5.75 Å². The lowest BCUT2D eigenvalue weighted by Gasteiger charge is -2.32. The van der Waals surface area contributed by atoms with Crippen LogP contribution in [0.3, 0.4) is 0 Å². The van der Waals surface area contributed by atoms with Crippen LogP contribution in [0.4, 0.5) is 20.2 Å². The lowest BCUT2D eigenvalue weighted by Crippen LogP contribution is -2.43. The predicted octanol–water partition coefficient (Wildman–Crippen LogP) is 3.29. The molecule has 24 heavy (non-hydrogen) atoms. The van der Waals surface area contributed by atoms with Crippen molar-refractivity contribution in [2.24, 2.45) is 0 Å². The van der Waals surface area contributed by atoms with Crippen molar-refractivity contribution < 1.29 is 18.3 Å². The topological polar surface area (TPSA) is 55.6 Å². The molecule has 126 valence electrons. The van der Waals surface area contributed by atoms with Crippen LogP contribution in [0.1, 0.15) is 18.9 Å². The van der Waals surface area contributed by atoms with E-state index in [-0.39, 0.29) is 11.7 Å². The standard InChI is InChI=1S/C18H18F2N2O2/c1-11(24-12-7-8-14(19)15(20)10-12)18(23)22-9-3-4-13-16(21)5-2-6-17(13)22/h2,5-8,10-11H,3-4,9,21H2,1H3. The van der Waals surface area contributed by atoms with Gasteiger partial charge in [0.05, 0.1) is 0 Å². The average Bonchev–Trinajstić information content (AvgIpc) is 2.57. The fraction of sp³-hybridized carbons (Fsp3) is 0.278. The minimum Gasteiger partial charge on any atom is -0.481 e. The summed E-state index contributed by atoms with van der Waals surface area (Å²) in [5.74, 6) is -2.10. The van der Waals surface area contributed by atoms with Crippen molar-refractivity contribution in [2.75, 3.05) is 17.2 Å². The Labute approximate surface area is 138 Å². The molecule has 2 N–H and O–H groups in total. The summed E-state index contributed by atoms with van der Waals surface area (Å²) in [6, 6.07) is 8.67. The molecular formula is C18H18F2N2O2. The van der Waals surface area contributed by atoms with Crippen LogP contribution in [0.25, 0.3) is 0 Å². The molecule has 0 radical (unpaired) electrons. The molecule has 1 heterocycles. The molecule has 6 heteroatoms. The Bertz CT molecular complexity index is 780. The number of ether oxygens (including phenoxy) is 1. The maximum Gasteiger partial charge on any atom is 0.267 e. The summed E-state index contributed by atoms with van der Waals surface area (Å²) < 4.78 is 31.7. The van der Waals surface area contributed by atoms with Crippen LogP contribution in [0.2, 0.25) is 0 Å². The number of nitrogens with zero attached hydrogens (tertiary/aromatic N) is 1. The molecule has 0 bridgehead atoms. The molecule has 1 amide bonds. The zero-order valence-corrected chi connectivity index (χ0v) is 13.3. The third-order valence-electron chi connectivity index (χ3n) is 4.10. The summed E-state index contributed by atoms with van der Waals surface area (Å²) in [5, 5.41) is 0. The number of nitrogens with two attached hydrogens (primary N) is 1. The van der Waals surface area contributed by atoms with Crippen molar-refractivity contribution in [1.82, 2.24) is 0 Å². The largest absolute Gasteiger partial charge is 0.481 e. The monoisotopic (exact) mass is 332 g/mol. The molecule has 0 spiro atoms. The Morgan fingerprint density at radius 3 is 2.79 bits per heavy atom. The molecule has 0 aliphatic carbocycles. The molecule has 2 aromatic carbocycles. The lowest BCUT2D eigenvalue weighted by atomic mass is 9.99. The molecule has 3 rings (SSSR count). The third-order valence-corrected chi connectivity index (χ3v) is 4.10. The highest BCUT2D eigenvalue weighted by molar-refractivity contribution is 5.98. The van der Waals surface area contributed by atoms with Crippen LogP contribution in [0, 0.1) is 11.6 Å². The van der Waals surface area contributed by atoms with Gasteiger partial charge >= 0.3 is 0 Å². The van der Waals surface area contributed by atoms with Crippen LogP contribution in [0.15, 0.2) is 36.4 Å². The van der Waals surface area contributed by atoms with E-state index in [1.54, 1.807) is 17.9 Å². The van der Waals surface area contributed by atoms with E-state index >= 15 is 0 Å². The summed E-state index contributed by atoms with van der Waals surface area (Å²) in [5.41, 5.74) is 8.39. The van der Waals surface area contributed by atoms with E-state index in [9.17, 15) is 13.6 Å². The highest BCUT2D eigenvalue weighted by atomic mass is 19.2. The van der Waals surface area contributed by atoms with E-state index < -0.39 is 17.7 Å². The van der Waals surface area contributed by atoms with E-state index in [0.29, 0.717) is 12.2 Å². The van der Waals surface area contributed by atoms with E-state index in [1.165, 1.54) is 6.07 Å². The van der Waals surface area contributed by atoms with Crippen LogP contribution in [-0.4, -0.2) is 18.6 Å². The quantitative estimate of drug-likeness (QED) is 0.878. The number of rotatable bonds is 3. The van der Waals surface area contributed by atoms with Crippen molar-refractivity contribution in [3.63, 3.8) is 0 Å². The molecule has 0 aromatic heterocycles. The minimum atomic E-state index is -1.01. The Balaban J connectivity index is 1.79. The highest BCUT2D eigenvalue weighted by Crippen LogP contribution is 2.32. The number of hydrogen-bond donors (Lipinski definition) is 1. The smallest absolute Gasteiger partial charge is 0.267 e. The first-order valence-corrected chi connectivity index (χ1v) is 7.78. The molecular weight excluding hydrogens is 314 g/mol.